The molecule has 0 aliphatic carbocycles. The predicted octanol–water partition coefficient (Wildman–Crippen LogP) is 4.12. The molecule has 0 aliphatic rings. The number of ether oxygens (including phenoxy) is 1. The molecule has 0 spiro atoms. The third kappa shape index (κ3) is 3.86. The Morgan fingerprint density at radius 2 is 1.83 bits per heavy atom. The summed E-state index contributed by atoms with van der Waals surface area (Å²) in [5.41, 5.74) is 7.31. The Bertz CT molecular complexity index is 1240. The number of methoxy groups -OCH3 is 1. The molecule has 9 heteroatoms. The molecule has 0 unspecified atom stereocenters. The SMILES string of the molecule is COc1cc(N=C(N)c2cccc(F)n2)ccc1-c1noc(-c2ccccc2F)n1. The van der Waals surface area contributed by atoms with E-state index in [2.05, 4.69) is 20.1 Å². The largest absolute Gasteiger partial charge is 0.496 e. The number of aliphatic imine (C=N–C) groups is 1. The number of pyridine rings is 1. The van der Waals surface area contributed by atoms with Crippen molar-refractivity contribution in [2.45, 2.75) is 0 Å². The van der Waals surface area contributed by atoms with Crippen molar-refractivity contribution in [3.8, 4) is 28.6 Å². The zero-order valence-corrected chi connectivity index (χ0v) is 15.7. The van der Waals surface area contributed by atoms with Gasteiger partial charge in [0.2, 0.25) is 11.8 Å². The quantitative estimate of drug-likeness (QED) is 0.303. The van der Waals surface area contributed by atoms with Gasteiger partial charge in [-0.1, -0.05) is 23.4 Å². The Balaban J connectivity index is 1.67. The first-order valence-electron chi connectivity index (χ1n) is 8.79. The number of amidine groups is 1. The van der Waals surface area contributed by atoms with Gasteiger partial charge in [0.05, 0.1) is 23.9 Å². The molecular formula is C21H15F2N5O2. The number of nitrogens with zero attached hydrogens (tertiary/aromatic N) is 4. The topological polar surface area (TPSA) is 99.4 Å². The van der Waals surface area contributed by atoms with E-state index >= 15 is 0 Å². The lowest BCUT2D eigenvalue weighted by Crippen LogP contribution is -2.15. The summed E-state index contributed by atoms with van der Waals surface area (Å²) < 4.78 is 37.9. The molecule has 150 valence electrons. The van der Waals surface area contributed by atoms with Crippen LogP contribution in [0.4, 0.5) is 14.5 Å². The van der Waals surface area contributed by atoms with Crippen molar-refractivity contribution in [3.63, 3.8) is 0 Å². The molecule has 7 nitrogen and oxygen atoms in total. The smallest absolute Gasteiger partial charge is 0.261 e. The summed E-state index contributed by atoms with van der Waals surface area (Å²) in [4.78, 5) is 12.2. The van der Waals surface area contributed by atoms with Crippen molar-refractivity contribution >= 4 is 11.5 Å². The first kappa shape index (κ1) is 19.2. The van der Waals surface area contributed by atoms with Gasteiger partial charge >= 0.3 is 0 Å². The predicted molar refractivity (Wildman–Crippen MR) is 106 cm³/mol. The normalized spacial score (nSPS) is 11.5. The highest BCUT2D eigenvalue weighted by Crippen LogP contribution is 2.33. The van der Waals surface area contributed by atoms with Gasteiger partial charge < -0.3 is 15.0 Å². The Kier molecular flexibility index (Phi) is 5.17. The standard InChI is InChI=1S/C21H15F2N5O2/c1-29-17-11-12(25-19(24)16-7-4-8-18(23)26-16)9-10-14(17)20-27-21(30-28-20)13-5-2-3-6-15(13)22/h2-11H,1H3,(H2,24,25). The summed E-state index contributed by atoms with van der Waals surface area (Å²) in [6, 6.07) is 15.3. The third-order valence-corrected chi connectivity index (χ3v) is 4.18. The number of hydrogen-bond donors (Lipinski definition) is 1. The van der Waals surface area contributed by atoms with Crippen molar-refractivity contribution < 1.29 is 18.0 Å². The highest BCUT2D eigenvalue weighted by atomic mass is 19.1. The maximum Gasteiger partial charge on any atom is 0.261 e. The molecule has 0 radical (unpaired) electrons. The Morgan fingerprint density at radius 1 is 1.00 bits per heavy atom. The summed E-state index contributed by atoms with van der Waals surface area (Å²) in [5.74, 6) is -0.399. The van der Waals surface area contributed by atoms with Gasteiger partial charge in [0, 0.05) is 6.07 Å². The Hall–Kier alpha value is -4.14. The molecule has 0 saturated carbocycles. The molecule has 0 saturated heterocycles. The second-order valence-electron chi connectivity index (χ2n) is 6.13. The molecule has 0 atom stereocenters. The zero-order chi connectivity index (χ0) is 21.1. The minimum Gasteiger partial charge on any atom is -0.496 e. The lowest BCUT2D eigenvalue weighted by atomic mass is 10.1. The lowest BCUT2D eigenvalue weighted by molar-refractivity contribution is 0.413. The number of rotatable bonds is 5. The van der Waals surface area contributed by atoms with Gasteiger partial charge in [0.1, 0.15) is 23.1 Å². The minimum atomic E-state index is -0.652. The van der Waals surface area contributed by atoms with Gasteiger partial charge in [-0.2, -0.15) is 9.37 Å². The Labute approximate surface area is 169 Å². The first-order valence-corrected chi connectivity index (χ1v) is 8.79. The van der Waals surface area contributed by atoms with Crippen LogP contribution in [0.15, 0.2) is 70.2 Å². The fourth-order valence-electron chi connectivity index (χ4n) is 2.76. The summed E-state index contributed by atoms with van der Waals surface area (Å²) in [5, 5.41) is 3.92. The average molecular weight is 407 g/mol. The monoisotopic (exact) mass is 407 g/mol. The molecule has 2 aromatic carbocycles. The zero-order valence-electron chi connectivity index (χ0n) is 15.7. The van der Waals surface area contributed by atoms with Crippen LogP contribution in [0.2, 0.25) is 0 Å². The van der Waals surface area contributed by atoms with Crippen LogP contribution in [0.5, 0.6) is 5.75 Å². The lowest BCUT2D eigenvalue weighted by Gasteiger charge is -2.07. The average Bonchev–Trinajstić information content (AvgIpc) is 3.23. The van der Waals surface area contributed by atoms with Crippen LogP contribution < -0.4 is 10.5 Å². The van der Waals surface area contributed by atoms with Crippen LogP contribution in [-0.2, 0) is 0 Å². The van der Waals surface area contributed by atoms with Gasteiger partial charge in [0.15, 0.2) is 0 Å². The van der Waals surface area contributed by atoms with Crippen molar-refractivity contribution in [2.75, 3.05) is 7.11 Å². The minimum absolute atomic E-state index is 0.0469. The fraction of sp³-hybridized carbons (Fsp3) is 0.0476. The molecule has 4 aromatic rings. The summed E-state index contributed by atoms with van der Waals surface area (Å²) in [6.07, 6.45) is 0. The van der Waals surface area contributed by atoms with Crippen LogP contribution in [-0.4, -0.2) is 28.1 Å². The highest BCUT2D eigenvalue weighted by molar-refractivity contribution is 5.97. The van der Waals surface area contributed by atoms with Crippen molar-refractivity contribution in [1.29, 1.82) is 0 Å². The van der Waals surface area contributed by atoms with E-state index in [0.29, 0.717) is 17.0 Å². The molecule has 0 fully saturated rings. The summed E-state index contributed by atoms with van der Waals surface area (Å²) >= 11 is 0. The van der Waals surface area contributed by atoms with E-state index in [-0.39, 0.29) is 28.8 Å². The first-order chi connectivity index (χ1) is 14.5. The number of hydrogen-bond acceptors (Lipinski definition) is 6. The molecular weight excluding hydrogens is 392 g/mol. The summed E-state index contributed by atoms with van der Waals surface area (Å²) in [7, 11) is 1.47. The van der Waals surface area contributed by atoms with Crippen LogP contribution in [0.3, 0.4) is 0 Å². The van der Waals surface area contributed by atoms with E-state index in [4.69, 9.17) is 15.0 Å². The van der Waals surface area contributed by atoms with E-state index in [1.165, 1.54) is 25.3 Å². The maximum atomic E-state index is 14.0. The molecule has 4 rings (SSSR count). The van der Waals surface area contributed by atoms with E-state index in [9.17, 15) is 8.78 Å². The van der Waals surface area contributed by atoms with Gasteiger partial charge in [-0.25, -0.2) is 14.4 Å². The molecule has 0 amide bonds. The highest BCUT2D eigenvalue weighted by Gasteiger charge is 2.17. The van der Waals surface area contributed by atoms with Crippen molar-refractivity contribution in [3.05, 3.63) is 78.1 Å². The number of nitrogens with two attached hydrogens (primary N) is 1. The molecule has 0 bridgehead atoms. The van der Waals surface area contributed by atoms with E-state index in [1.807, 2.05) is 0 Å². The van der Waals surface area contributed by atoms with Crippen molar-refractivity contribution in [2.24, 2.45) is 10.7 Å². The second kappa shape index (κ2) is 8.08. The summed E-state index contributed by atoms with van der Waals surface area (Å²) in [6.45, 7) is 0. The molecule has 2 heterocycles. The molecule has 30 heavy (non-hydrogen) atoms. The maximum absolute atomic E-state index is 14.0. The number of aromatic nitrogens is 3. The van der Waals surface area contributed by atoms with E-state index in [1.54, 1.807) is 42.5 Å². The van der Waals surface area contributed by atoms with Gasteiger partial charge in [-0.15, -0.1) is 0 Å². The third-order valence-electron chi connectivity index (χ3n) is 4.18. The molecule has 2 N–H and O–H groups in total. The van der Waals surface area contributed by atoms with Crippen LogP contribution in [0.25, 0.3) is 22.8 Å². The van der Waals surface area contributed by atoms with E-state index in [0.717, 1.165) is 0 Å². The molecule has 2 aromatic heterocycles. The van der Waals surface area contributed by atoms with Crippen molar-refractivity contribution in [1.82, 2.24) is 15.1 Å². The van der Waals surface area contributed by atoms with Gasteiger partial charge in [0.25, 0.3) is 5.89 Å². The van der Waals surface area contributed by atoms with Gasteiger partial charge in [-0.05, 0) is 36.4 Å². The number of benzene rings is 2. The van der Waals surface area contributed by atoms with Gasteiger partial charge in [-0.3, -0.25) is 0 Å². The Morgan fingerprint density at radius 3 is 2.60 bits per heavy atom. The van der Waals surface area contributed by atoms with Crippen LogP contribution >= 0.6 is 0 Å². The van der Waals surface area contributed by atoms with E-state index < -0.39 is 11.8 Å². The van der Waals surface area contributed by atoms with Crippen LogP contribution in [0.1, 0.15) is 5.69 Å². The van der Waals surface area contributed by atoms with Crippen LogP contribution in [0, 0.1) is 11.8 Å². The molecule has 0 aliphatic heterocycles. The number of halogens is 2. The second-order valence-corrected chi connectivity index (χ2v) is 6.13. The fourth-order valence-corrected chi connectivity index (χ4v) is 2.76.